The molecule has 0 amide bonds. The van der Waals surface area contributed by atoms with E-state index in [1.807, 2.05) is 0 Å². The number of aromatic nitrogens is 3. The molecule has 0 fully saturated rings. The van der Waals surface area contributed by atoms with Gasteiger partial charge < -0.3 is 13.7 Å². The van der Waals surface area contributed by atoms with Crippen LogP contribution in [0.1, 0.15) is 0 Å². The molecule has 0 spiro atoms. The summed E-state index contributed by atoms with van der Waals surface area (Å²) in [7, 11) is 2.22. The zero-order chi connectivity index (χ0) is 26.4. The molecule has 0 radical (unpaired) electrons. The second-order valence-corrected chi connectivity index (χ2v) is 10.6. The summed E-state index contributed by atoms with van der Waals surface area (Å²) < 4.78 is 7.35. The summed E-state index contributed by atoms with van der Waals surface area (Å²) in [5.41, 5.74) is 9.79. The van der Waals surface area contributed by atoms with Crippen LogP contribution >= 0.6 is 0 Å². The van der Waals surface area contributed by atoms with Crippen LogP contribution in [0.5, 0.6) is 0 Å². The van der Waals surface area contributed by atoms with Crippen molar-refractivity contribution in [3.8, 4) is 11.4 Å². The summed E-state index contributed by atoms with van der Waals surface area (Å²) in [4.78, 5) is 0. The molecule has 0 bridgehead atoms. The highest BCUT2D eigenvalue weighted by Crippen LogP contribution is 2.49. The Morgan fingerprint density at radius 1 is 0.350 bits per heavy atom. The van der Waals surface area contributed by atoms with Gasteiger partial charge in [0.15, 0.2) is 0 Å². The smallest absolute Gasteiger partial charge is 0.0806 e. The van der Waals surface area contributed by atoms with E-state index in [1.165, 1.54) is 76.8 Å². The molecule has 9 aromatic rings. The van der Waals surface area contributed by atoms with Crippen LogP contribution in [0.15, 0.2) is 133 Å². The lowest BCUT2D eigenvalue weighted by atomic mass is 10.0. The normalized spacial score (nSPS) is 12.1. The van der Waals surface area contributed by atoms with E-state index in [0.717, 1.165) is 0 Å². The summed E-state index contributed by atoms with van der Waals surface area (Å²) in [6, 6.07) is 48.2. The minimum absolute atomic E-state index is 1.17. The van der Waals surface area contributed by atoms with Crippen molar-refractivity contribution in [3.63, 3.8) is 0 Å². The molecule has 6 aromatic carbocycles. The highest BCUT2D eigenvalue weighted by Gasteiger charge is 2.27. The lowest BCUT2D eigenvalue weighted by molar-refractivity contribution is 1.01. The van der Waals surface area contributed by atoms with E-state index in [-0.39, 0.29) is 0 Å². The topological polar surface area (TPSA) is 14.8 Å². The fourth-order valence-electron chi connectivity index (χ4n) is 7.05. The molecule has 0 unspecified atom stereocenters. The number of fused-ring (bicyclic) bond motifs is 12. The van der Waals surface area contributed by atoms with Gasteiger partial charge in [0, 0.05) is 56.3 Å². The summed E-state index contributed by atoms with van der Waals surface area (Å²) in [5, 5.41) is 7.74. The van der Waals surface area contributed by atoms with Crippen LogP contribution in [0.2, 0.25) is 0 Å². The van der Waals surface area contributed by atoms with E-state index in [0.29, 0.717) is 0 Å². The average Bonchev–Trinajstić information content (AvgIpc) is 3.64. The molecule has 0 saturated heterocycles. The lowest BCUT2D eigenvalue weighted by Crippen LogP contribution is -1.98. The molecule has 0 saturated carbocycles. The van der Waals surface area contributed by atoms with Gasteiger partial charge >= 0.3 is 0 Å². The Kier molecular flexibility index (Phi) is 4.26. The number of aryl methyl sites for hydroxylation is 1. The molecular weight excluding hydrogens is 486 g/mol. The Labute approximate surface area is 230 Å². The third-order valence-electron chi connectivity index (χ3n) is 8.60. The fraction of sp³-hybridized carbons (Fsp3) is 0.0270. The Hall–Kier alpha value is -5.28. The third kappa shape index (κ3) is 2.64. The molecule has 188 valence electrons. The van der Waals surface area contributed by atoms with E-state index in [9.17, 15) is 0 Å². The van der Waals surface area contributed by atoms with Crippen LogP contribution in [0, 0.1) is 0 Å². The minimum atomic E-state index is 1.17. The van der Waals surface area contributed by atoms with Crippen molar-refractivity contribution in [2.24, 2.45) is 7.05 Å². The van der Waals surface area contributed by atoms with Gasteiger partial charge in [-0.3, -0.25) is 0 Å². The van der Waals surface area contributed by atoms with E-state index in [4.69, 9.17) is 0 Å². The Morgan fingerprint density at radius 3 is 1.32 bits per heavy atom. The van der Waals surface area contributed by atoms with Crippen LogP contribution in [0.4, 0.5) is 0 Å². The largest absolute Gasteiger partial charge is 0.342 e. The van der Waals surface area contributed by atoms with Gasteiger partial charge in [-0.2, -0.15) is 0 Å². The predicted octanol–water partition coefficient (Wildman–Crippen LogP) is 9.53. The standard InChI is InChI=1S/C37H25N3/c1-38-29-21-11-8-18-26(29)33-32-27-19-9-12-22-30(27)39(24-14-4-2-5-15-24)35(32)34-28-20-10-13-23-31(28)40(37(34)36(33)38)25-16-6-3-7-17-25/h2-23H,1H3. The van der Waals surface area contributed by atoms with Gasteiger partial charge in [0.05, 0.1) is 27.6 Å². The summed E-state index contributed by atoms with van der Waals surface area (Å²) in [5.74, 6) is 0. The van der Waals surface area contributed by atoms with Crippen molar-refractivity contribution >= 4 is 65.4 Å². The van der Waals surface area contributed by atoms with Gasteiger partial charge in [-0.05, 0) is 42.5 Å². The lowest BCUT2D eigenvalue weighted by Gasteiger charge is -2.12. The van der Waals surface area contributed by atoms with Gasteiger partial charge in [0.25, 0.3) is 0 Å². The number of rotatable bonds is 2. The molecule has 0 aliphatic heterocycles. The molecular formula is C37H25N3. The van der Waals surface area contributed by atoms with E-state index in [1.54, 1.807) is 0 Å². The maximum Gasteiger partial charge on any atom is 0.0806 e. The quantitative estimate of drug-likeness (QED) is 0.219. The summed E-state index contributed by atoms with van der Waals surface area (Å²) >= 11 is 0. The molecule has 0 atom stereocenters. The number of hydrogen-bond acceptors (Lipinski definition) is 0. The maximum absolute atomic E-state index is 2.48. The molecule has 0 N–H and O–H groups in total. The fourth-order valence-corrected chi connectivity index (χ4v) is 7.05. The Bertz CT molecular complexity index is 2420. The first-order chi connectivity index (χ1) is 19.8. The zero-order valence-electron chi connectivity index (χ0n) is 22.0. The van der Waals surface area contributed by atoms with Gasteiger partial charge in [0.1, 0.15) is 0 Å². The molecule has 3 aromatic heterocycles. The van der Waals surface area contributed by atoms with Crippen LogP contribution in [-0.2, 0) is 7.05 Å². The first kappa shape index (κ1) is 21.6. The second kappa shape index (κ2) is 7.87. The zero-order valence-corrected chi connectivity index (χ0v) is 22.0. The van der Waals surface area contributed by atoms with Crippen molar-refractivity contribution in [1.29, 1.82) is 0 Å². The van der Waals surface area contributed by atoms with Gasteiger partial charge in [-0.25, -0.2) is 0 Å². The van der Waals surface area contributed by atoms with E-state index >= 15 is 0 Å². The maximum atomic E-state index is 2.48. The molecule has 3 heteroatoms. The molecule has 3 nitrogen and oxygen atoms in total. The van der Waals surface area contributed by atoms with Gasteiger partial charge in [-0.1, -0.05) is 91.0 Å². The summed E-state index contributed by atoms with van der Waals surface area (Å²) in [6.45, 7) is 0. The number of benzene rings is 6. The van der Waals surface area contributed by atoms with E-state index < -0.39 is 0 Å². The van der Waals surface area contributed by atoms with Crippen LogP contribution in [0.3, 0.4) is 0 Å². The van der Waals surface area contributed by atoms with Crippen molar-refractivity contribution in [1.82, 2.24) is 13.7 Å². The van der Waals surface area contributed by atoms with Crippen molar-refractivity contribution in [2.45, 2.75) is 0 Å². The van der Waals surface area contributed by atoms with Gasteiger partial charge in [-0.15, -0.1) is 0 Å². The predicted molar refractivity (Wildman–Crippen MR) is 169 cm³/mol. The number of hydrogen-bond donors (Lipinski definition) is 0. The van der Waals surface area contributed by atoms with Crippen LogP contribution in [0.25, 0.3) is 76.8 Å². The first-order valence-corrected chi connectivity index (χ1v) is 13.8. The van der Waals surface area contributed by atoms with Crippen LogP contribution in [-0.4, -0.2) is 13.7 Å². The molecule has 9 rings (SSSR count). The van der Waals surface area contributed by atoms with E-state index in [2.05, 4.69) is 154 Å². The number of para-hydroxylation sites is 5. The molecule has 3 heterocycles. The van der Waals surface area contributed by atoms with Crippen molar-refractivity contribution in [2.75, 3.05) is 0 Å². The Balaban J connectivity index is 1.72. The van der Waals surface area contributed by atoms with Crippen molar-refractivity contribution in [3.05, 3.63) is 133 Å². The third-order valence-corrected chi connectivity index (χ3v) is 8.60. The average molecular weight is 512 g/mol. The minimum Gasteiger partial charge on any atom is -0.342 e. The van der Waals surface area contributed by atoms with Crippen LogP contribution < -0.4 is 0 Å². The second-order valence-electron chi connectivity index (χ2n) is 10.6. The Morgan fingerprint density at radius 2 is 0.750 bits per heavy atom. The SMILES string of the molecule is Cn1c2ccccc2c2c3c4ccccc4n(-c4ccccc4)c3c3c4ccccc4n(-c4ccccc4)c3c21. The number of nitrogens with zero attached hydrogens (tertiary/aromatic N) is 3. The van der Waals surface area contributed by atoms with Gasteiger partial charge in [0.2, 0.25) is 0 Å². The highest BCUT2D eigenvalue weighted by molar-refractivity contribution is 6.40. The van der Waals surface area contributed by atoms with Crippen molar-refractivity contribution < 1.29 is 0 Å². The monoisotopic (exact) mass is 511 g/mol. The molecule has 0 aliphatic carbocycles. The summed E-state index contributed by atoms with van der Waals surface area (Å²) in [6.07, 6.45) is 0. The highest BCUT2D eigenvalue weighted by atomic mass is 15.0. The molecule has 40 heavy (non-hydrogen) atoms. The first-order valence-electron chi connectivity index (χ1n) is 13.8. The molecule has 0 aliphatic rings.